The number of aromatic nitrogens is 3. The standard InChI is InChI=1S/C20H23N5O3S2/c1-4-9-24-19(14-10-17(13(2)3)29-11-14)22-23-20(24)30-12-18(26)21-15-7-5-6-8-16(15)25(27)28/h5-8,10-11,13H,4,9,12H2,1-3H3,(H,21,26). The third-order valence-electron chi connectivity index (χ3n) is 4.32. The maximum atomic E-state index is 12.4. The topological polar surface area (TPSA) is 103 Å². The number of anilines is 1. The Labute approximate surface area is 182 Å². The molecule has 30 heavy (non-hydrogen) atoms. The first-order valence-electron chi connectivity index (χ1n) is 9.58. The zero-order valence-electron chi connectivity index (χ0n) is 17.0. The molecule has 0 radical (unpaired) electrons. The summed E-state index contributed by atoms with van der Waals surface area (Å²) in [6.45, 7) is 7.13. The van der Waals surface area contributed by atoms with Crippen LogP contribution in [0.3, 0.4) is 0 Å². The predicted octanol–water partition coefficient (Wildman–Crippen LogP) is 5.18. The number of hydrogen-bond donors (Lipinski definition) is 1. The number of nitrogens with zero attached hydrogens (tertiary/aromatic N) is 4. The molecule has 2 aromatic heterocycles. The van der Waals surface area contributed by atoms with Crippen LogP contribution in [0, 0.1) is 10.1 Å². The lowest BCUT2D eigenvalue weighted by molar-refractivity contribution is -0.383. The van der Waals surface area contributed by atoms with Gasteiger partial charge >= 0.3 is 0 Å². The third-order valence-corrected chi connectivity index (χ3v) is 6.52. The minimum Gasteiger partial charge on any atom is -0.320 e. The lowest BCUT2D eigenvalue weighted by Gasteiger charge is -2.08. The van der Waals surface area contributed by atoms with Gasteiger partial charge in [0.1, 0.15) is 5.69 Å². The van der Waals surface area contributed by atoms with Crippen molar-refractivity contribution in [3.8, 4) is 11.4 Å². The van der Waals surface area contributed by atoms with Crippen molar-refractivity contribution in [3.63, 3.8) is 0 Å². The molecule has 0 atom stereocenters. The van der Waals surface area contributed by atoms with Crippen LogP contribution in [-0.4, -0.2) is 31.3 Å². The SMILES string of the molecule is CCCn1c(SCC(=O)Nc2ccccc2[N+](=O)[O-])nnc1-c1csc(C(C)C)c1. The second kappa shape index (κ2) is 9.86. The summed E-state index contributed by atoms with van der Waals surface area (Å²) in [6.07, 6.45) is 0.905. The smallest absolute Gasteiger partial charge is 0.292 e. The van der Waals surface area contributed by atoms with Crippen LogP contribution in [0.5, 0.6) is 0 Å². The van der Waals surface area contributed by atoms with E-state index in [1.54, 1.807) is 23.5 Å². The van der Waals surface area contributed by atoms with E-state index in [1.807, 2.05) is 4.57 Å². The lowest BCUT2D eigenvalue weighted by Crippen LogP contribution is -2.15. The number of thioether (sulfide) groups is 1. The molecule has 3 aromatic rings. The molecule has 158 valence electrons. The molecule has 0 aliphatic carbocycles. The van der Waals surface area contributed by atoms with Crippen LogP contribution < -0.4 is 5.32 Å². The van der Waals surface area contributed by atoms with Crippen molar-refractivity contribution >= 4 is 40.4 Å². The van der Waals surface area contributed by atoms with Gasteiger partial charge in [0, 0.05) is 28.4 Å². The highest BCUT2D eigenvalue weighted by atomic mass is 32.2. The molecule has 1 N–H and O–H groups in total. The summed E-state index contributed by atoms with van der Waals surface area (Å²) in [6, 6.07) is 8.22. The van der Waals surface area contributed by atoms with Crippen LogP contribution >= 0.6 is 23.1 Å². The van der Waals surface area contributed by atoms with Crippen molar-refractivity contribution in [1.29, 1.82) is 0 Å². The monoisotopic (exact) mass is 445 g/mol. The van der Waals surface area contributed by atoms with E-state index in [1.165, 1.54) is 28.8 Å². The van der Waals surface area contributed by atoms with Crippen molar-refractivity contribution in [2.24, 2.45) is 0 Å². The summed E-state index contributed by atoms with van der Waals surface area (Å²) in [5, 5.41) is 25.1. The summed E-state index contributed by atoms with van der Waals surface area (Å²) >= 11 is 2.97. The number of benzene rings is 1. The molecule has 8 nitrogen and oxygen atoms in total. The highest BCUT2D eigenvalue weighted by Crippen LogP contribution is 2.31. The van der Waals surface area contributed by atoms with Crippen LogP contribution in [0.4, 0.5) is 11.4 Å². The van der Waals surface area contributed by atoms with Gasteiger partial charge < -0.3 is 9.88 Å². The molecule has 0 fully saturated rings. The number of hydrogen-bond acceptors (Lipinski definition) is 7. The molecular formula is C20H23N5O3S2. The second-order valence-electron chi connectivity index (χ2n) is 6.96. The minimum absolute atomic E-state index is 0.0782. The highest BCUT2D eigenvalue weighted by Gasteiger charge is 2.19. The van der Waals surface area contributed by atoms with Gasteiger partial charge in [-0.3, -0.25) is 14.9 Å². The fraction of sp³-hybridized carbons (Fsp3) is 0.350. The zero-order chi connectivity index (χ0) is 21.7. The summed E-state index contributed by atoms with van der Waals surface area (Å²) in [5.74, 6) is 0.987. The number of rotatable bonds is 9. The van der Waals surface area contributed by atoms with E-state index in [9.17, 15) is 14.9 Å². The molecular weight excluding hydrogens is 422 g/mol. The molecule has 0 aliphatic rings. The van der Waals surface area contributed by atoms with Gasteiger partial charge in [-0.05, 0) is 24.5 Å². The van der Waals surface area contributed by atoms with E-state index in [2.05, 4.69) is 47.7 Å². The number of nitro groups is 1. The Kier molecular flexibility index (Phi) is 7.22. The van der Waals surface area contributed by atoms with Gasteiger partial charge in [-0.15, -0.1) is 21.5 Å². The summed E-state index contributed by atoms with van der Waals surface area (Å²) in [4.78, 5) is 24.3. The Morgan fingerprint density at radius 2 is 2.10 bits per heavy atom. The molecule has 0 saturated carbocycles. The number of carbonyl (C=O) groups excluding carboxylic acids is 1. The van der Waals surface area contributed by atoms with Gasteiger partial charge in [-0.1, -0.05) is 44.7 Å². The predicted molar refractivity (Wildman–Crippen MR) is 120 cm³/mol. The van der Waals surface area contributed by atoms with Crippen LogP contribution in [0.15, 0.2) is 40.9 Å². The van der Waals surface area contributed by atoms with E-state index < -0.39 is 4.92 Å². The largest absolute Gasteiger partial charge is 0.320 e. The molecule has 0 aliphatic heterocycles. The van der Waals surface area contributed by atoms with Crippen LogP contribution in [-0.2, 0) is 11.3 Å². The molecule has 2 heterocycles. The molecule has 3 rings (SSSR count). The summed E-state index contributed by atoms with van der Waals surface area (Å²) in [7, 11) is 0. The average Bonchev–Trinajstić information content (AvgIpc) is 3.34. The quantitative estimate of drug-likeness (QED) is 0.277. The van der Waals surface area contributed by atoms with Gasteiger partial charge in [0.15, 0.2) is 11.0 Å². The highest BCUT2D eigenvalue weighted by molar-refractivity contribution is 7.99. The van der Waals surface area contributed by atoms with Crippen molar-refractivity contribution in [2.45, 2.75) is 44.8 Å². The maximum Gasteiger partial charge on any atom is 0.292 e. The van der Waals surface area contributed by atoms with Crippen LogP contribution in [0.2, 0.25) is 0 Å². The Hall–Kier alpha value is -2.72. The molecule has 1 aromatic carbocycles. The molecule has 1 amide bonds. The number of amides is 1. The minimum atomic E-state index is -0.515. The van der Waals surface area contributed by atoms with Crippen molar-refractivity contribution < 1.29 is 9.72 Å². The van der Waals surface area contributed by atoms with Crippen LogP contribution in [0.25, 0.3) is 11.4 Å². The van der Waals surface area contributed by atoms with Gasteiger partial charge in [0.05, 0.1) is 10.7 Å². The van der Waals surface area contributed by atoms with Gasteiger partial charge in [0.2, 0.25) is 5.91 Å². The molecule has 0 spiro atoms. The first-order valence-corrected chi connectivity index (χ1v) is 11.4. The second-order valence-corrected chi connectivity index (χ2v) is 8.85. The molecule has 0 saturated heterocycles. The van der Waals surface area contributed by atoms with Gasteiger partial charge in [0.25, 0.3) is 5.69 Å². The Morgan fingerprint density at radius 1 is 1.33 bits per heavy atom. The average molecular weight is 446 g/mol. The first-order chi connectivity index (χ1) is 14.4. The van der Waals surface area contributed by atoms with Gasteiger partial charge in [-0.2, -0.15) is 0 Å². The van der Waals surface area contributed by atoms with Crippen LogP contribution in [0.1, 0.15) is 38.0 Å². The summed E-state index contributed by atoms with van der Waals surface area (Å²) in [5.41, 5.74) is 1.08. The van der Waals surface area contributed by atoms with E-state index in [-0.39, 0.29) is 23.0 Å². The zero-order valence-corrected chi connectivity index (χ0v) is 18.6. The lowest BCUT2D eigenvalue weighted by atomic mass is 10.1. The first kappa shape index (κ1) is 22.0. The fourth-order valence-electron chi connectivity index (χ4n) is 2.86. The van der Waals surface area contributed by atoms with E-state index in [4.69, 9.17) is 0 Å². The summed E-state index contributed by atoms with van der Waals surface area (Å²) < 4.78 is 2.02. The van der Waals surface area contributed by atoms with Crippen molar-refractivity contribution in [3.05, 3.63) is 50.7 Å². The number of para-hydroxylation sites is 2. The van der Waals surface area contributed by atoms with Crippen molar-refractivity contribution in [1.82, 2.24) is 14.8 Å². The normalized spacial score (nSPS) is 11.1. The number of carbonyl (C=O) groups is 1. The van der Waals surface area contributed by atoms with E-state index >= 15 is 0 Å². The Bertz CT molecular complexity index is 1040. The number of nitro benzene ring substituents is 1. The van der Waals surface area contributed by atoms with Gasteiger partial charge in [-0.25, -0.2) is 0 Å². The molecule has 10 heteroatoms. The Balaban J connectivity index is 1.73. The van der Waals surface area contributed by atoms with E-state index in [0.717, 1.165) is 24.4 Å². The number of thiophene rings is 1. The maximum absolute atomic E-state index is 12.4. The molecule has 0 bridgehead atoms. The van der Waals surface area contributed by atoms with E-state index in [0.29, 0.717) is 11.1 Å². The number of nitrogens with one attached hydrogen (secondary N) is 1. The molecule has 0 unspecified atom stereocenters. The van der Waals surface area contributed by atoms with Crippen molar-refractivity contribution in [2.75, 3.05) is 11.1 Å². The third kappa shape index (κ3) is 5.06. The fourth-order valence-corrected chi connectivity index (χ4v) is 4.53. The Morgan fingerprint density at radius 3 is 2.77 bits per heavy atom.